The minimum Gasteiger partial charge on any atom is -0.384 e. The molecule has 2 unspecified atom stereocenters. The molecular weight excluding hydrogens is 467 g/mol. The van der Waals surface area contributed by atoms with E-state index in [4.69, 9.17) is 10.5 Å². The summed E-state index contributed by atoms with van der Waals surface area (Å²) in [5.41, 5.74) is 15.2. The number of rotatable bonds is 5. The molecule has 0 saturated carbocycles. The second-order valence-electron chi connectivity index (χ2n) is 9.70. The van der Waals surface area contributed by atoms with Crippen molar-refractivity contribution in [3.63, 3.8) is 0 Å². The van der Waals surface area contributed by atoms with Gasteiger partial charge in [0.2, 0.25) is 0 Å². The van der Waals surface area contributed by atoms with E-state index in [1.807, 2.05) is 62.2 Å². The first kappa shape index (κ1) is 23.2. The summed E-state index contributed by atoms with van der Waals surface area (Å²) in [4.78, 5) is 19.3. The number of hydrogen-bond acceptors (Lipinski definition) is 5. The summed E-state index contributed by atoms with van der Waals surface area (Å²) in [6.07, 6.45) is -0.388. The number of carbonyl (C=O) groups excluding carboxylic acids is 1. The van der Waals surface area contributed by atoms with Crippen molar-refractivity contribution in [2.24, 2.45) is 0 Å². The van der Waals surface area contributed by atoms with Crippen molar-refractivity contribution in [3.05, 3.63) is 117 Å². The van der Waals surface area contributed by atoms with E-state index in [2.05, 4.69) is 22.4 Å². The lowest BCUT2D eigenvalue weighted by atomic mass is 9.85. The number of halogens is 1. The van der Waals surface area contributed by atoms with Gasteiger partial charge in [-0.25, -0.2) is 9.37 Å². The molecule has 3 aromatic carbocycles. The number of nitrogen functional groups attached to an aromatic ring is 1. The molecule has 6 nitrogen and oxygen atoms in total. The SMILES string of the molecule is Cc1cc(N)nc(C)c1CNC(=O)c1ccc2c(c1)C1OC2c2ccc(N(C)c3cccc(F)c3)cc21. The first-order chi connectivity index (χ1) is 17.8. The summed E-state index contributed by atoms with van der Waals surface area (Å²) in [5.74, 6) is 0.0518. The van der Waals surface area contributed by atoms with Gasteiger partial charge in [0.25, 0.3) is 5.91 Å². The fourth-order valence-electron chi connectivity index (χ4n) is 5.44. The van der Waals surface area contributed by atoms with Gasteiger partial charge < -0.3 is 20.7 Å². The number of hydrogen-bond donors (Lipinski definition) is 2. The van der Waals surface area contributed by atoms with Crippen molar-refractivity contribution >= 4 is 23.1 Å². The fourth-order valence-corrected chi connectivity index (χ4v) is 5.44. The maximum Gasteiger partial charge on any atom is 0.251 e. The Kier molecular flexibility index (Phi) is 5.46. The second-order valence-corrected chi connectivity index (χ2v) is 9.70. The van der Waals surface area contributed by atoms with Crippen LogP contribution in [0.25, 0.3) is 0 Å². The van der Waals surface area contributed by atoms with E-state index in [1.165, 1.54) is 12.1 Å². The highest BCUT2D eigenvalue weighted by molar-refractivity contribution is 5.94. The first-order valence-corrected chi connectivity index (χ1v) is 12.2. The fraction of sp³-hybridized carbons (Fsp3) is 0.200. The van der Waals surface area contributed by atoms with Gasteiger partial charge in [-0.2, -0.15) is 0 Å². The predicted octanol–water partition coefficient (Wildman–Crippen LogP) is 5.64. The number of carbonyl (C=O) groups is 1. The average molecular weight is 495 g/mol. The predicted molar refractivity (Wildman–Crippen MR) is 141 cm³/mol. The zero-order valence-electron chi connectivity index (χ0n) is 20.9. The third-order valence-electron chi connectivity index (χ3n) is 7.40. The van der Waals surface area contributed by atoms with E-state index in [-0.39, 0.29) is 23.9 Å². The zero-order valence-corrected chi connectivity index (χ0v) is 20.9. The summed E-state index contributed by atoms with van der Waals surface area (Å²) < 4.78 is 20.1. The van der Waals surface area contributed by atoms with Crippen LogP contribution in [0.4, 0.5) is 21.6 Å². The minimum absolute atomic E-state index is 0.146. The van der Waals surface area contributed by atoms with Crippen molar-refractivity contribution in [2.75, 3.05) is 17.7 Å². The van der Waals surface area contributed by atoms with Gasteiger partial charge >= 0.3 is 0 Å². The molecule has 6 rings (SSSR count). The van der Waals surface area contributed by atoms with Crippen LogP contribution < -0.4 is 16.0 Å². The van der Waals surface area contributed by atoms with Gasteiger partial charge in [-0.15, -0.1) is 0 Å². The standard InChI is InChI=1S/C30H27FN4O2/c1-16-11-27(32)34-17(2)26(16)15-33-30(36)18-7-9-22-24(12-18)29-25-14-21(8-10-23(25)28(22)37-29)35(3)20-6-4-5-19(31)13-20/h4-14,28-29H,15H2,1-3H3,(H2,32,34)(H,33,36). The van der Waals surface area contributed by atoms with Gasteiger partial charge in [0.1, 0.15) is 23.8 Å². The third-order valence-corrected chi connectivity index (χ3v) is 7.40. The number of pyridine rings is 1. The largest absolute Gasteiger partial charge is 0.384 e. The zero-order chi connectivity index (χ0) is 25.8. The number of benzene rings is 3. The number of nitrogens with one attached hydrogen (secondary N) is 1. The van der Waals surface area contributed by atoms with E-state index in [0.717, 1.165) is 50.4 Å². The van der Waals surface area contributed by atoms with E-state index >= 15 is 0 Å². The average Bonchev–Trinajstić information content (AvgIpc) is 3.44. The minimum atomic E-state index is -0.273. The molecule has 2 atom stereocenters. The Hall–Kier alpha value is -4.23. The smallest absolute Gasteiger partial charge is 0.251 e. The lowest BCUT2D eigenvalue weighted by Gasteiger charge is -2.23. The molecule has 37 heavy (non-hydrogen) atoms. The molecule has 0 saturated heterocycles. The molecule has 4 aromatic rings. The molecule has 3 heterocycles. The van der Waals surface area contributed by atoms with Gasteiger partial charge in [0.05, 0.1) is 0 Å². The molecule has 0 radical (unpaired) electrons. The Labute approximate surface area is 214 Å². The van der Waals surface area contributed by atoms with Crippen molar-refractivity contribution in [3.8, 4) is 0 Å². The van der Waals surface area contributed by atoms with Crippen LogP contribution in [-0.4, -0.2) is 17.9 Å². The van der Waals surface area contributed by atoms with E-state index < -0.39 is 0 Å². The number of anilines is 3. The molecule has 0 aliphatic carbocycles. The van der Waals surface area contributed by atoms with E-state index in [0.29, 0.717) is 17.9 Å². The molecule has 0 spiro atoms. The lowest BCUT2D eigenvalue weighted by Crippen LogP contribution is -2.24. The maximum atomic E-state index is 13.8. The number of fused-ring (bicyclic) bond motifs is 8. The van der Waals surface area contributed by atoms with Crippen molar-refractivity contribution in [2.45, 2.75) is 32.6 Å². The molecular formula is C30H27FN4O2. The highest BCUT2D eigenvalue weighted by atomic mass is 19.1. The number of nitrogens with zero attached hydrogens (tertiary/aromatic N) is 2. The number of aryl methyl sites for hydroxylation is 2. The Bertz CT molecular complexity index is 1540. The van der Waals surface area contributed by atoms with Crippen LogP contribution in [0.15, 0.2) is 66.7 Å². The quantitative estimate of drug-likeness (QED) is 0.375. The molecule has 2 aliphatic rings. The molecule has 0 fully saturated rings. The molecule has 3 N–H and O–H groups in total. The number of amides is 1. The van der Waals surface area contributed by atoms with Crippen LogP contribution in [0.2, 0.25) is 0 Å². The molecule has 1 amide bonds. The molecule has 7 heteroatoms. The first-order valence-electron chi connectivity index (χ1n) is 12.2. The van der Waals surface area contributed by atoms with Crippen LogP contribution in [0.3, 0.4) is 0 Å². The van der Waals surface area contributed by atoms with Crippen molar-refractivity contribution in [1.29, 1.82) is 0 Å². The Morgan fingerprint density at radius 2 is 1.68 bits per heavy atom. The van der Waals surface area contributed by atoms with Crippen molar-refractivity contribution in [1.82, 2.24) is 10.3 Å². The summed E-state index contributed by atoms with van der Waals surface area (Å²) in [7, 11) is 1.92. The number of ether oxygens (including phenoxy) is 1. The number of aromatic nitrogens is 1. The Morgan fingerprint density at radius 1 is 0.973 bits per heavy atom. The van der Waals surface area contributed by atoms with Gasteiger partial charge in [0, 0.05) is 36.2 Å². The monoisotopic (exact) mass is 494 g/mol. The highest BCUT2D eigenvalue weighted by Gasteiger charge is 2.43. The summed E-state index contributed by atoms with van der Waals surface area (Å²) in [6.45, 7) is 4.24. The van der Waals surface area contributed by atoms with Crippen LogP contribution >= 0.6 is 0 Å². The molecule has 2 bridgehead atoms. The Morgan fingerprint density at radius 3 is 2.43 bits per heavy atom. The lowest BCUT2D eigenvalue weighted by molar-refractivity contribution is 0.0857. The van der Waals surface area contributed by atoms with Crippen LogP contribution in [0, 0.1) is 19.7 Å². The summed E-state index contributed by atoms with van der Waals surface area (Å²) in [6, 6.07) is 20.3. The van der Waals surface area contributed by atoms with Gasteiger partial charge in [-0.3, -0.25) is 4.79 Å². The van der Waals surface area contributed by atoms with Crippen molar-refractivity contribution < 1.29 is 13.9 Å². The van der Waals surface area contributed by atoms with Crippen LogP contribution in [0.5, 0.6) is 0 Å². The summed E-state index contributed by atoms with van der Waals surface area (Å²) >= 11 is 0. The maximum absolute atomic E-state index is 13.8. The van der Waals surface area contributed by atoms with Gasteiger partial charge in [-0.05, 0) is 95.8 Å². The molecule has 1 aromatic heterocycles. The van der Waals surface area contributed by atoms with E-state index in [1.54, 1.807) is 6.07 Å². The normalized spacial score (nSPS) is 16.9. The van der Waals surface area contributed by atoms with Gasteiger partial charge in [0.15, 0.2) is 0 Å². The van der Waals surface area contributed by atoms with E-state index in [9.17, 15) is 9.18 Å². The van der Waals surface area contributed by atoms with Crippen LogP contribution in [0.1, 0.15) is 61.6 Å². The summed E-state index contributed by atoms with van der Waals surface area (Å²) in [5, 5.41) is 3.02. The van der Waals surface area contributed by atoms with Gasteiger partial charge in [-0.1, -0.05) is 18.2 Å². The number of nitrogens with two attached hydrogens (primary N) is 1. The molecule has 186 valence electrons. The third kappa shape index (κ3) is 3.92. The Balaban J connectivity index is 1.24. The van der Waals surface area contributed by atoms with Crippen LogP contribution in [-0.2, 0) is 11.3 Å². The molecule has 2 aliphatic heterocycles. The second kappa shape index (κ2) is 8.71. The highest BCUT2D eigenvalue weighted by Crippen LogP contribution is 2.55. The topological polar surface area (TPSA) is 80.5 Å².